The predicted molar refractivity (Wildman–Crippen MR) is 32.8 cm³/mol. The van der Waals surface area contributed by atoms with Crippen molar-refractivity contribution in [1.29, 1.82) is 0 Å². The fraction of sp³-hybridized carbons (Fsp3) is 0.429. The van der Waals surface area contributed by atoms with Crippen LogP contribution in [0.5, 0.6) is 0 Å². The molecule has 1 fully saturated rings. The molecule has 1 aliphatic rings. The van der Waals surface area contributed by atoms with E-state index in [0.717, 1.165) is 5.92 Å². The summed E-state index contributed by atoms with van der Waals surface area (Å²) >= 11 is 0. The minimum absolute atomic E-state index is 0.750. The molecule has 0 amide bonds. The predicted octanol–water partition coefficient (Wildman–Crippen LogP) is 1.15. The van der Waals surface area contributed by atoms with Crippen LogP contribution in [0.3, 0.4) is 0 Å². The average Bonchev–Trinajstić information content (AvgIpc) is 2.71. The van der Waals surface area contributed by atoms with Gasteiger partial charge in [-0.1, -0.05) is 0 Å². The minimum Gasteiger partial charge on any atom is -0.158 e. The SMILES string of the molecule is [c]1nnccc1C1CC1. The zero-order valence-corrected chi connectivity index (χ0v) is 5.04. The smallest absolute Gasteiger partial charge is 0.117 e. The van der Waals surface area contributed by atoms with Gasteiger partial charge in [-0.15, -0.1) is 5.10 Å². The van der Waals surface area contributed by atoms with Crippen molar-refractivity contribution in [2.24, 2.45) is 0 Å². The Morgan fingerprint density at radius 1 is 1.56 bits per heavy atom. The molecule has 1 aliphatic carbocycles. The Kier molecular flexibility index (Phi) is 0.979. The number of nitrogens with zero attached hydrogens (tertiary/aromatic N) is 2. The van der Waals surface area contributed by atoms with E-state index in [1.807, 2.05) is 6.07 Å². The molecular weight excluding hydrogens is 112 g/mol. The van der Waals surface area contributed by atoms with E-state index in [1.54, 1.807) is 6.20 Å². The van der Waals surface area contributed by atoms with Gasteiger partial charge in [-0.2, -0.15) is 5.10 Å². The standard InChI is InChI=1S/C7H7N2/c1-2-6(1)7-3-4-8-9-5-7/h3-4,6H,1-2H2. The lowest BCUT2D eigenvalue weighted by Crippen LogP contribution is -1.83. The normalized spacial score (nSPS) is 17.8. The summed E-state index contributed by atoms with van der Waals surface area (Å²) in [7, 11) is 0. The first-order chi connectivity index (χ1) is 4.47. The topological polar surface area (TPSA) is 25.8 Å². The molecule has 0 aliphatic heterocycles. The molecule has 1 saturated carbocycles. The Balaban J connectivity index is 2.29. The van der Waals surface area contributed by atoms with Crippen LogP contribution in [-0.2, 0) is 0 Å². The Labute approximate surface area is 53.9 Å². The maximum Gasteiger partial charge on any atom is 0.117 e. The molecule has 1 heterocycles. The lowest BCUT2D eigenvalue weighted by molar-refractivity contribution is 0.968. The maximum absolute atomic E-state index is 3.67. The molecule has 0 N–H and O–H groups in total. The van der Waals surface area contributed by atoms with E-state index >= 15 is 0 Å². The lowest BCUT2D eigenvalue weighted by atomic mass is 10.2. The van der Waals surface area contributed by atoms with Gasteiger partial charge in [0.15, 0.2) is 0 Å². The Morgan fingerprint density at radius 2 is 2.44 bits per heavy atom. The third-order valence-electron chi connectivity index (χ3n) is 1.57. The van der Waals surface area contributed by atoms with Crippen LogP contribution >= 0.6 is 0 Å². The maximum atomic E-state index is 3.67. The van der Waals surface area contributed by atoms with E-state index in [4.69, 9.17) is 0 Å². The minimum atomic E-state index is 0.750. The van der Waals surface area contributed by atoms with E-state index < -0.39 is 0 Å². The van der Waals surface area contributed by atoms with Crippen LogP contribution in [0.2, 0.25) is 0 Å². The van der Waals surface area contributed by atoms with Crippen molar-refractivity contribution in [1.82, 2.24) is 10.2 Å². The fourth-order valence-corrected chi connectivity index (χ4v) is 0.893. The van der Waals surface area contributed by atoms with Crippen LogP contribution in [0.4, 0.5) is 0 Å². The second-order valence-electron chi connectivity index (χ2n) is 2.37. The van der Waals surface area contributed by atoms with Gasteiger partial charge in [-0.25, -0.2) is 0 Å². The van der Waals surface area contributed by atoms with Gasteiger partial charge in [0.25, 0.3) is 0 Å². The molecule has 2 heteroatoms. The summed E-state index contributed by atoms with van der Waals surface area (Å²) in [5.74, 6) is 0.750. The van der Waals surface area contributed by atoms with Gasteiger partial charge in [0.1, 0.15) is 6.20 Å². The largest absolute Gasteiger partial charge is 0.158 e. The molecule has 0 unspecified atom stereocenters. The van der Waals surface area contributed by atoms with Crippen LogP contribution < -0.4 is 0 Å². The summed E-state index contributed by atoms with van der Waals surface area (Å²) in [6.07, 6.45) is 7.21. The van der Waals surface area contributed by atoms with Gasteiger partial charge in [0, 0.05) is 6.20 Å². The molecule has 45 valence electrons. The molecule has 0 aromatic carbocycles. The number of hydrogen-bond acceptors (Lipinski definition) is 2. The van der Waals surface area contributed by atoms with Crippen LogP contribution in [0.25, 0.3) is 0 Å². The van der Waals surface area contributed by atoms with E-state index in [1.165, 1.54) is 18.4 Å². The van der Waals surface area contributed by atoms with Crippen LogP contribution in [0, 0.1) is 6.20 Å². The van der Waals surface area contributed by atoms with Crippen LogP contribution in [-0.4, -0.2) is 10.2 Å². The highest BCUT2D eigenvalue weighted by molar-refractivity contribution is 5.16. The van der Waals surface area contributed by atoms with Gasteiger partial charge >= 0.3 is 0 Å². The molecule has 1 radical (unpaired) electrons. The number of hydrogen-bond donors (Lipinski definition) is 0. The van der Waals surface area contributed by atoms with E-state index in [-0.39, 0.29) is 0 Å². The van der Waals surface area contributed by atoms with Crippen LogP contribution in [0.15, 0.2) is 12.3 Å². The van der Waals surface area contributed by atoms with Crippen molar-refractivity contribution >= 4 is 0 Å². The molecule has 0 atom stereocenters. The molecular formula is C7H7N2. The van der Waals surface area contributed by atoms with Gasteiger partial charge in [-0.05, 0) is 30.4 Å². The molecule has 2 nitrogen and oxygen atoms in total. The molecule has 1 aromatic heterocycles. The zero-order valence-electron chi connectivity index (χ0n) is 5.04. The molecule has 1 aromatic rings. The molecule has 2 rings (SSSR count). The number of aromatic nitrogens is 2. The second kappa shape index (κ2) is 1.79. The highest BCUT2D eigenvalue weighted by Crippen LogP contribution is 2.38. The van der Waals surface area contributed by atoms with Crippen molar-refractivity contribution in [3.63, 3.8) is 0 Å². The highest BCUT2D eigenvalue weighted by atomic mass is 15.1. The van der Waals surface area contributed by atoms with E-state index in [2.05, 4.69) is 16.4 Å². The van der Waals surface area contributed by atoms with Crippen molar-refractivity contribution < 1.29 is 0 Å². The fourth-order valence-electron chi connectivity index (χ4n) is 0.893. The monoisotopic (exact) mass is 119 g/mol. The van der Waals surface area contributed by atoms with Crippen molar-refractivity contribution in [2.45, 2.75) is 18.8 Å². The summed E-state index contributed by atoms with van der Waals surface area (Å²) in [4.78, 5) is 0. The molecule has 0 spiro atoms. The van der Waals surface area contributed by atoms with Gasteiger partial charge < -0.3 is 0 Å². The zero-order chi connectivity index (χ0) is 6.10. The lowest BCUT2D eigenvalue weighted by Gasteiger charge is -1.89. The van der Waals surface area contributed by atoms with Crippen molar-refractivity contribution in [3.8, 4) is 0 Å². The first-order valence-corrected chi connectivity index (χ1v) is 3.16. The quantitative estimate of drug-likeness (QED) is 0.554. The van der Waals surface area contributed by atoms with E-state index in [9.17, 15) is 0 Å². The summed E-state index contributed by atoms with van der Waals surface area (Å²) in [6.45, 7) is 0. The van der Waals surface area contributed by atoms with E-state index in [0.29, 0.717) is 0 Å². The second-order valence-corrected chi connectivity index (χ2v) is 2.37. The summed E-state index contributed by atoms with van der Waals surface area (Å²) < 4.78 is 0. The Hall–Kier alpha value is -0.920. The first kappa shape index (κ1) is 4.91. The first-order valence-electron chi connectivity index (χ1n) is 3.16. The highest BCUT2D eigenvalue weighted by Gasteiger charge is 2.23. The van der Waals surface area contributed by atoms with Crippen LogP contribution in [0.1, 0.15) is 24.3 Å². The van der Waals surface area contributed by atoms with Crippen molar-refractivity contribution in [2.75, 3.05) is 0 Å². The van der Waals surface area contributed by atoms with Gasteiger partial charge in [0.2, 0.25) is 0 Å². The Morgan fingerprint density at radius 3 is 3.00 bits per heavy atom. The number of rotatable bonds is 1. The molecule has 0 bridgehead atoms. The molecule has 9 heavy (non-hydrogen) atoms. The summed E-state index contributed by atoms with van der Waals surface area (Å²) in [6, 6.07) is 1.99. The molecule has 0 saturated heterocycles. The van der Waals surface area contributed by atoms with Gasteiger partial charge in [-0.3, -0.25) is 0 Å². The van der Waals surface area contributed by atoms with Gasteiger partial charge in [0.05, 0.1) is 0 Å². The summed E-state index contributed by atoms with van der Waals surface area (Å²) in [5, 5.41) is 7.32. The third-order valence-corrected chi connectivity index (χ3v) is 1.57. The van der Waals surface area contributed by atoms with Crippen molar-refractivity contribution in [3.05, 3.63) is 24.0 Å². The third kappa shape index (κ3) is 0.922. The Bertz CT molecular complexity index is 191. The summed E-state index contributed by atoms with van der Waals surface area (Å²) in [5.41, 5.74) is 1.23. The average molecular weight is 119 g/mol.